The molecule has 0 aromatic carbocycles. The second kappa shape index (κ2) is 3.04. The van der Waals surface area contributed by atoms with Gasteiger partial charge in [-0.05, 0) is 0 Å². The molecule has 0 bridgehead atoms. The van der Waals surface area contributed by atoms with Crippen LogP contribution in [0.1, 0.15) is 0 Å². The van der Waals surface area contributed by atoms with Gasteiger partial charge < -0.3 is 14.9 Å². The Morgan fingerprint density at radius 2 is 2.00 bits per heavy atom. The lowest BCUT2D eigenvalue weighted by molar-refractivity contribution is -0.163. The molecule has 0 spiro atoms. The van der Waals surface area contributed by atoms with Crippen molar-refractivity contribution in [1.29, 1.82) is 0 Å². The van der Waals surface area contributed by atoms with Crippen LogP contribution in [-0.2, 0) is 14.4 Å². The normalized spacial score (nSPS) is 23.7. The van der Waals surface area contributed by atoms with Crippen LogP contribution in [0.2, 0.25) is 0 Å². The Hall–Kier alpha value is -1.59. The lowest BCUT2D eigenvalue weighted by Crippen LogP contribution is -2.60. The fourth-order valence-electron chi connectivity index (χ4n) is 1.18. The van der Waals surface area contributed by atoms with E-state index in [-0.39, 0.29) is 12.5 Å². The first-order chi connectivity index (χ1) is 5.95. The average molecular weight is 186 g/mol. The summed E-state index contributed by atoms with van der Waals surface area (Å²) in [4.78, 5) is 35.1. The van der Waals surface area contributed by atoms with Crippen molar-refractivity contribution in [3.8, 4) is 0 Å². The molecule has 0 aromatic heterocycles. The number of hydrogen-bond acceptors (Lipinski definition) is 3. The van der Waals surface area contributed by atoms with Gasteiger partial charge >= 0.3 is 5.97 Å². The first kappa shape index (κ1) is 9.50. The predicted molar refractivity (Wildman–Crippen MR) is 41.8 cm³/mol. The largest absolute Gasteiger partial charge is 0.479 e. The molecule has 0 aromatic rings. The van der Waals surface area contributed by atoms with Crippen LogP contribution in [0.15, 0.2) is 0 Å². The van der Waals surface area contributed by atoms with E-state index in [2.05, 4.69) is 0 Å². The van der Waals surface area contributed by atoms with Crippen LogP contribution < -0.4 is 0 Å². The number of piperazine rings is 1. The Morgan fingerprint density at radius 1 is 1.46 bits per heavy atom. The van der Waals surface area contributed by atoms with Crippen LogP contribution in [0.4, 0.5) is 0 Å². The number of carbonyl (C=O) groups is 3. The lowest BCUT2D eigenvalue weighted by Gasteiger charge is -2.33. The highest BCUT2D eigenvalue weighted by Gasteiger charge is 2.40. The number of carboxylic acid groups (broad SMARTS) is 1. The van der Waals surface area contributed by atoms with E-state index in [1.54, 1.807) is 0 Å². The maximum absolute atomic E-state index is 11.3. The molecule has 1 heterocycles. The molecule has 0 saturated carbocycles. The van der Waals surface area contributed by atoms with Crippen molar-refractivity contribution in [3.63, 3.8) is 0 Å². The topological polar surface area (TPSA) is 77.9 Å². The summed E-state index contributed by atoms with van der Waals surface area (Å²) < 4.78 is 0. The molecule has 6 heteroatoms. The molecule has 72 valence electrons. The summed E-state index contributed by atoms with van der Waals surface area (Å²) in [6.45, 7) is -0.0564. The maximum Gasteiger partial charge on any atom is 0.336 e. The van der Waals surface area contributed by atoms with Crippen LogP contribution in [0, 0.1) is 0 Å². The molecule has 2 amide bonds. The first-order valence-corrected chi connectivity index (χ1v) is 3.68. The molecule has 1 aliphatic rings. The summed E-state index contributed by atoms with van der Waals surface area (Å²) in [5.41, 5.74) is 0. The molecule has 1 N–H and O–H groups in total. The summed E-state index contributed by atoms with van der Waals surface area (Å²) in [6, 6.07) is -1.37. The fourth-order valence-corrected chi connectivity index (χ4v) is 1.18. The second-order valence-electron chi connectivity index (χ2n) is 2.94. The molecule has 1 atom stereocenters. The summed E-state index contributed by atoms with van der Waals surface area (Å²) >= 11 is 0. The molecule has 1 fully saturated rings. The fraction of sp³-hybridized carbons (Fsp3) is 0.571. The van der Waals surface area contributed by atoms with E-state index >= 15 is 0 Å². The Balaban J connectivity index is 2.95. The quantitative estimate of drug-likeness (QED) is 0.499. The monoisotopic (exact) mass is 186 g/mol. The summed E-state index contributed by atoms with van der Waals surface area (Å²) in [5, 5.41) is 8.67. The van der Waals surface area contributed by atoms with E-state index in [0.717, 1.165) is 9.80 Å². The number of rotatable bonds is 1. The van der Waals surface area contributed by atoms with Crippen molar-refractivity contribution in [2.75, 3.05) is 20.6 Å². The molecule has 0 aliphatic carbocycles. The number of carbonyl (C=O) groups excluding carboxylic acids is 2. The van der Waals surface area contributed by atoms with Gasteiger partial charge in [0.05, 0.1) is 6.54 Å². The standard InChI is InChI=1S/C7H10N2O4/c1-8-3-4(10)9(2)5(6(8)11)7(12)13/h5H,3H2,1-2H3,(H,12,13)/t5-/m0/s1. The third-order valence-electron chi connectivity index (χ3n) is 2.00. The smallest absolute Gasteiger partial charge is 0.336 e. The molecule has 1 rings (SSSR count). The Bertz CT molecular complexity index is 276. The first-order valence-electron chi connectivity index (χ1n) is 3.68. The third kappa shape index (κ3) is 1.47. The van der Waals surface area contributed by atoms with E-state index in [1.807, 2.05) is 0 Å². The Kier molecular flexibility index (Phi) is 2.22. The number of amides is 2. The molecular weight excluding hydrogens is 176 g/mol. The summed E-state index contributed by atoms with van der Waals surface area (Å²) in [5.74, 6) is -2.23. The van der Waals surface area contributed by atoms with Gasteiger partial charge in [0.15, 0.2) is 0 Å². The minimum Gasteiger partial charge on any atom is -0.479 e. The number of nitrogens with zero attached hydrogens (tertiary/aromatic N) is 2. The molecule has 13 heavy (non-hydrogen) atoms. The van der Waals surface area contributed by atoms with Gasteiger partial charge in [0.25, 0.3) is 5.91 Å². The van der Waals surface area contributed by atoms with Crippen molar-refractivity contribution in [1.82, 2.24) is 9.80 Å². The SMILES string of the molecule is CN1CC(=O)N(C)[C@H](C(=O)O)C1=O. The van der Waals surface area contributed by atoms with Crippen LogP contribution in [0.3, 0.4) is 0 Å². The number of carboxylic acids is 1. The van der Waals surface area contributed by atoms with E-state index in [9.17, 15) is 14.4 Å². The van der Waals surface area contributed by atoms with Crippen LogP contribution >= 0.6 is 0 Å². The zero-order chi connectivity index (χ0) is 10.2. The third-order valence-corrected chi connectivity index (χ3v) is 2.00. The predicted octanol–water partition coefficient (Wildman–Crippen LogP) is -1.63. The van der Waals surface area contributed by atoms with Gasteiger partial charge in [0, 0.05) is 14.1 Å². The summed E-state index contributed by atoms with van der Waals surface area (Å²) in [7, 11) is 2.72. The number of hydrogen-bond donors (Lipinski definition) is 1. The Labute approximate surface area is 74.7 Å². The summed E-state index contributed by atoms with van der Waals surface area (Å²) in [6.07, 6.45) is 0. The van der Waals surface area contributed by atoms with Crippen molar-refractivity contribution in [3.05, 3.63) is 0 Å². The van der Waals surface area contributed by atoms with Crippen molar-refractivity contribution in [2.45, 2.75) is 6.04 Å². The van der Waals surface area contributed by atoms with Crippen molar-refractivity contribution >= 4 is 17.8 Å². The van der Waals surface area contributed by atoms with E-state index in [0.29, 0.717) is 0 Å². The molecule has 1 saturated heterocycles. The van der Waals surface area contributed by atoms with Gasteiger partial charge in [0.2, 0.25) is 11.9 Å². The van der Waals surface area contributed by atoms with Gasteiger partial charge in [0.1, 0.15) is 0 Å². The zero-order valence-electron chi connectivity index (χ0n) is 7.35. The maximum atomic E-state index is 11.3. The second-order valence-corrected chi connectivity index (χ2v) is 2.94. The van der Waals surface area contributed by atoms with Crippen molar-refractivity contribution in [2.24, 2.45) is 0 Å². The van der Waals surface area contributed by atoms with Gasteiger partial charge in [-0.3, -0.25) is 9.59 Å². The van der Waals surface area contributed by atoms with E-state index in [4.69, 9.17) is 5.11 Å². The highest BCUT2D eigenvalue weighted by molar-refractivity contribution is 6.07. The number of aliphatic carboxylic acids is 1. The molecule has 0 unspecified atom stereocenters. The molecular formula is C7H10N2O4. The van der Waals surface area contributed by atoms with Crippen LogP contribution in [0.5, 0.6) is 0 Å². The number of likely N-dealkylation sites (N-methyl/N-ethyl adjacent to an activating group) is 2. The molecule has 6 nitrogen and oxygen atoms in total. The zero-order valence-corrected chi connectivity index (χ0v) is 7.35. The van der Waals surface area contributed by atoms with Gasteiger partial charge in [-0.25, -0.2) is 4.79 Å². The van der Waals surface area contributed by atoms with Gasteiger partial charge in [-0.15, -0.1) is 0 Å². The van der Waals surface area contributed by atoms with E-state index < -0.39 is 17.9 Å². The highest BCUT2D eigenvalue weighted by atomic mass is 16.4. The highest BCUT2D eigenvalue weighted by Crippen LogP contribution is 2.08. The minimum atomic E-state index is -1.37. The lowest BCUT2D eigenvalue weighted by atomic mass is 10.1. The molecule has 0 radical (unpaired) electrons. The minimum absolute atomic E-state index is 0.0564. The molecule has 1 aliphatic heterocycles. The Morgan fingerprint density at radius 3 is 2.46 bits per heavy atom. The average Bonchev–Trinajstić information content (AvgIpc) is 2.01. The van der Waals surface area contributed by atoms with Crippen LogP contribution in [0.25, 0.3) is 0 Å². The van der Waals surface area contributed by atoms with Gasteiger partial charge in [-0.1, -0.05) is 0 Å². The van der Waals surface area contributed by atoms with Crippen LogP contribution in [-0.4, -0.2) is 59.4 Å². The van der Waals surface area contributed by atoms with Gasteiger partial charge in [-0.2, -0.15) is 0 Å². The van der Waals surface area contributed by atoms with E-state index in [1.165, 1.54) is 14.1 Å². The van der Waals surface area contributed by atoms with Crippen molar-refractivity contribution < 1.29 is 19.5 Å².